The lowest BCUT2D eigenvalue weighted by molar-refractivity contribution is 0.0934. The SMILES string of the molecule is CCC(CC)NC(=O)c1ccc(Cl)c(S(=O)(=O)N2CCCC2)c1. The molecule has 128 valence electrons. The van der Waals surface area contributed by atoms with Gasteiger partial charge in [0.2, 0.25) is 10.0 Å². The van der Waals surface area contributed by atoms with Gasteiger partial charge in [0.05, 0.1) is 5.02 Å². The summed E-state index contributed by atoms with van der Waals surface area (Å²) in [5.74, 6) is -0.270. The molecule has 0 aromatic heterocycles. The molecule has 23 heavy (non-hydrogen) atoms. The van der Waals surface area contributed by atoms with Crippen molar-refractivity contribution in [2.24, 2.45) is 0 Å². The van der Waals surface area contributed by atoms with Gasteiger partial charge < -0.3 is 5.32 Å². The zero-order chi connectivity index (χ0) is 17.0. The van der Waals surface area contributed by atoms with Crippen molar-refractivity contribution in [1.82, 2.24) is 9.62 Å². The maximum atomic E-state index is 12.7. The minimum absolute atomic E-state index is 0.0123. The molecule has 1 aliphatic heterocycles. The summed E-state index contributed by atoms with van der Waals surface area (Å²) >= 11 is 6.09. The number of carbonyl (C=O) groups is 1. The highest BCUT2D eigenvalue weighted by atomic mass is 35.5. The number of nitrogens with zero attached hydrogens (tertiary/aromatic N) is 1. The smallest absolute Gasteiger partial charge is 0.251 e. The maximum Gasteiger partial charge on any atom is 0.251 e. The predicted octanol–water partition coefficient (Wildman–Crippen LogP) is 3.04. The topological polar surface area (TPSA) is 66.5 Å². The zero-order valence-electron chi connectivity index (χ0n) is 13.5. The lowest BCUT2D eigenvalue weighted by Gasteiger charge is -2.18. The first-order valence-corrected chi connectivity index (χ1v) is 9.82. The van der Waals surface area contributed by atoms with Gasteiger partial charge in [-0.1, -0.05) is 25.4 Å². The molecule has 1 aromatic rings. The quantitative estimate of drug-likeness (QED) is 0.849. The molecule has 0 aliphatic carbocycles. The summed E-state index contributed by atoms with van der Waals surface area (Å²) < 4.78 is 26.8. The molecule has 1 heterocycles. The highest BCUT2D eigenvalue weighted by Crippen LogP contribution is 2.28. The second kappa shape index (κ2) is 7.64. The molecule has 1 saturated heterocycles. The van der Waals surface area contributed by atoms with Gasteiger partial charge in [0.15, 0.2) is 0 Å². The summed E-state index contributed by atoms with van der Waals surface area (Å²) in [6, 6.07) is 4.50. The van der Waals surface area contributed by atoms with Crippen LogP contribution in [0.4, 0.5) is 0 Å². The van der Waals surface area contributed by atoms with Crippen molar-refractivity contribution in [3.8, 4) is 0 Å². The van der Waals surface area contributed by atoms with Crippen molar-refractivity contribution >= 4 is 27.5 Å². The van der Waals surface area contributed by atoms with Gasteiger partial charge in [-0.25, -0.2) is 8.42 Å². The number of hydrogen-bond donors (Lipinski definition) is 1. The predicted molar refractivity (Wildman–Crippen MR) is 91.3 cm³/mol. The van der Waals surface area contributed by atoms with Crippen molar-refractivity contribution in [2.75, 3.05) is 13.1 Å². The standard InChI is InChI=1S/C16H23ClN2O3S/c1-3-13(4-2)18-16(20)12-7-8-14(17)15(11-12)23(21,22)19-9-5-6-10-19/h7-8,11,13H,3-6,9-10H2,1-2H3,(H,18,20). The van der Waals surface area contributed by atoms with Crippen LogP contribution in [-0.2, 0) is 10.0 Å². The van der Waals surface area contributed by atoms with Crippen LogP contribution in [0.25, 0.3) is 0 Å². The third-order valence-corrected chi connectivity index (χ3v) is 6.58. The molecule has 0 unspecified atom stereocenters. The third-order valence-electron chi connectivity index (χ3n) is 4.20. The fraction of sp³-hybridized carbons (Fsp3) is 0.562. The van der Waals surface area contributed by atoms with Crippen LogP contribution < -0.4 is 5.32 Å². The van der Waals surface area contributed by atoms with Gasteiger partial charge in [0.25, 0.3) is 5.91 Å². The van der Waals surface area contributed by atoms with Gasteiger partial charge in [-0.3, -0.25) is 4.79 Å². The van der Waals surface area contributed by atoms with E-state index in [0.717, 1.165) is 25.7 Å². The minimum atomic E-state index is -3.64. The average Bonchev–Trinajstić information content (AvgIpc) is 3.07. The van der Waals surface area contributed by atoms with Crippen molar-refractivity contribution in [3.05, 3.63) is 28.8 Å². The van der Waals surface area contributed by atoms with E-state index in [2.05, 4.69) is 5.32 Å². The first-order chi connectivity index (χ1) is 10.9. The molecule has 0 saturated carbocycles. The molecule has 0 bridgehead atoms. The summed E-state index contributed by atoms with van der Waals surface area (Å²) in [6.07, 6.45) is 3.36. The molecule has 5 nitrogen and oxygen atoms in total. The number of rotatable bonds is 6. The highest BCUT2D eigenvalue weighted by Gasteiger charge is 2.29. The summed E-state index contributed by atoms with van der Waals surface area (Å²) in [6.45, 7) is 5.00. The number of nitrogens with one attached hydrogen (secondary N) is 1. The number of sulfonamides is 1. The molecule has 2 rings (SSSR count). The van der Waals surface area contributed by atoms with E-state index in [9.17, 15) is 13.2 Å². The van der Waals surface area contributed by atoms with Crippen LogP contribution in [0.1, 0.15) is 49.9 Å². The molecule has 0 radical (unpaired) electrons. The first kappa shape index (κ1) is 18.2. The number of amides is 1. The van der Waals surface area contributed by atoms with Crippen molar-refractivity contribution in [1.29, 1.82) is 0 Å². The number of hydrogen-bond acceptors (Lipinski definition) is 3. The Bertz CT molecular complexity index is 666. The monoisotopic (exact) mass is 358 g/mol. The third kappa shape index (κ3) is 4.05. The molecule has 1 aromatic carbocycles. The summed E-state index contributed by atoms with van der Waals surface area (Å²) in [5, 5.41) is 3.06. The normalized spacial score (nSPS) is 16.0. The van der Waals surface area contributed by atoms with Gasteiger partial charge >= 0.3 is 0 Å². The Morgan fingerprint density at radius 3 is 2.43 bits per heavy atom. The number of carbonyl (C=O) groups excluding carboxylic acids is 1. The second-order valence-electron chi connectivity index (χ2n) is 5.74. The van der Waals surface area contributed by atoms with E-state index >= 15 is 0 Å². The van der Waals surface area contributed by atoms with Crippen LogP contribution in [0, 0.1) is 0 Å². The fourth-order valence-corrected chi connectivity index (χ4v) is 4.69. The van der Waals surface area contributed by atoms with Crippen LogP contribution in [0.5, 0.6) is 0 Å². The molecular formula is C16H23ClN2O3S. The van der Waals surface area contributed by atoms with Crippen molar-refractivity contribution in [2.45, 2.75) is 50.5 Å². The molecule has 1 aliphatic rings. The van der Waals surface area contributed by atoms with E-state index in [1.165, 1.54) is 16.4 Å². The van der Waals surface area contributed by atoms with E-state index in [1.807, 2.05) is 13.8 Å². The fourth-order valence-electron chi connectivity index (χ4n) is 2.67. The van der Waals surface area contributed by atoms with Gasteiger partial charge in [0.1, 0.15) is 4.90 Å². The van der Waals surface area contributed by atoms with E-state index in [-0.39, 0.29) is 21.9 Å². The Labute approximate surface area is 143 Å². The highest BCUT2D eigenvalue weighted by molar-refractivity contribution is 7.89. The molecule has 1 N–H and O–H groups in total. The molecular weight excluding hydrogens is 336 g/mol. The number of halogens is 1. The Morgan fingerprint density at radius 1 is 1.26 bits per heavy atom. The molecule has 1 amide bonds. The first-order valence-electron chi connectivity index (χ1n) is 8.00. The van der Waals surface area contributed by atoms with Gasteiger partial charge in [-0.2, -0.15) is 4.31 Å². The zero-order valence-corrected chi connectivity index (χ0v) is 15.1. The lowest BCUT2D eigenvalue weighted by Crippen LogP contribution is -2.34. The van der Waals surface area contributed by atoms with Crippen LogP contribution >= 0.6 is 11.6 Å². The van der Waals surface area contributed by atoms with Crippen LogP contribution in [0.15, 0.2) is 23.1 Å². The molecule has 0 atom stereocenters. The molecule has 1 fully saturated rings. The minimum Gasteiger partial charge on any atom is -0.349 e. The van der Waals surface area contributed by atoms with Gasteiger partial charge in [0, 0.05) is 24.7 Å². The van der Waals surface area contributed by atoms with Crippen LogP contribution in [-0.4, -0.2) is 37.8 Å². The molecule has 0 spiro atoms. The molecule has 7 heteroatoms. The Hall–Kier alpha value is -1.11. The van der Waals surface area contributed by atoms with Crippen molar-refractivity contribution in [3.63, 3.8) is 0 Å². The van der Waals surface area contributed by atoms with E-state index in [1.54, 1.807) is 6.07 Å². The van der Waals surface area contributed by atoms with E-state index < -0.39 is 10.0 Å². The second-order valence-corrected chi connectivity index (χ2v) is 8.06. The van der Waals surface area contributed by atoms with Crippen molar-refractivity contribution < 1.29 is 13.2 Å². The lowest BCUT2D eigenvalue weighted by atomic mass is 10.1. The summed E-state index contributed by atoms with van der Waals surface area (Å²) in [4.78, 5) is 12.3. The van der Waals surface area contributed by atoms with Gasteiger partial charge in [-0.05, 0) is 43.9 Å². The largest absolute Gasteiger partial charge is 0.349 e. The maximum absolute atomic E-state index is 12.7. The van der Waals surface area contributed by atoms with E-state index in [4.69, 9.17) is 11.6 Å². The number of benzene rings is 1. The Balaban J connectivity index is 2.30. The summed E-state index contributed by atoms with van der Waals surface area (Å²) in [5.41, 5.74) is 0.319. The Kier molecular flexibility index (Phi) is 6.06. The van der Waals surface area contributed by atoms with Crippen LogP contribution in [0.3, 0.4) is 0 Å². The van der Waals surface area contributed by atoms with Gasteiger partial charge in [-0.15, -0.1) is 0 Å². The summed E-state index contributed by atoms with van der Waals surface area (Å²) in [7, 11) is -3.64. The van der Waals surface area contributed by atoms with Crippen LogP contribution in [0.2, 0.25) is 5.02 Å². The van der Waals surface area contributed by atoms with E-state index in [0.29, 0.717) is 18.7 Å². The average molecular weight is 359 g/mol. The Morgan fingerprint density at radius 2 is 1.87 bits per heavy atom.